The lowest BCUT2D eigenvalue weighted by atomic mass is 10.0. The first-order valence-corrected chi connectivity index (χ1v) is 10.6. The van der Waals surface area contributed by atoms with E-state index in [1.54, 1.807) is 18.2 Å². The molecule has 0 saturated carbocycles. The second-order valence-electron chi connectivity index (χ2n) is 7.03. The number of amides is 1. The molecule has 2 N–H and O–H groups in total. The molecule has 0 saturated heterocycles. The minimum atomic E-state index is -0.581. The van der Waals surface area contributed by atoms with Crippen LogP contribution in [0.25, 0.3) is 11.4 Å². The number of carbonyl (C=O) groups excluding carboxylic acids is 1. The van der Waals surface area contributed by atoms with Crippen LogP contribution < -0.4 is 10.7 Å². The van der Waals surface area contributed by atoms with Gasteiger partial charge in [0.05, 0.1) is 11.7 Å². The predicted molar refractivity (Wildman–Crippen MR) is 119 cm³/mol. The topological polar surface area (TPSA) is 71.8 Å². The number of rotatable bonds is 4. The highest BCUT2D eigenvalue weighted by Gasteiger charge is 2.38. The molecule has 4 aromatic rings. The molecule has 2 unspecified atom stereocenters. The second kappa shape index (κ2) is 8.23. The molecule has 1 aliphatic rings. The lowest BCUT2D eigenvalue weighted by Crippen LogP contribution is -2.41. The average Bonchev–Trinajstić information content (AvgIpc) is 3.24. The van der Waals surface area contributed by atoms with Crippen LogP contribution in [0.15, 0.2) is 90.1 Å². The number of hydrogen-bond donors (Lipinski definition) is 2. The molecule has 31 heavy (non-hydrogen) atoms. The van der Waals surface area contributed by atoms with Gasteiger partial charge >= 0.3 is 0 Å². The molecule has 1 aliphatic heterocycles. The van der Waals surface area contributed by atoms with Gasteiger partial charge in [0, 0.05) is 5.56 Å². The summed E-state index contributed by atoms with van der Waals surface area (Å²) < 4.78 is 15.9. The van der Waals surface area contributed by atoms with Crippen LogP contribution >= 0.6 is 11.8 Å². The van der Waals surface area contributed by atoms with E-state index in [4.69, 9.17) is 0 Å². The highest BCUT2D eigenvalue weighted by molar-refractivity contribution is 8.00. The molecule has 1 amide bonds. The number of carbonyl (C=O) groups is 1. The molecule has 0 radical (unpaired) electrons. The molecule has 0 spiro atoms. The van der Waals surface area contributed by atoms with Crippen molar-refractivity contribution < 1.29 is 9.18 Å². The summed E-state index contributed by atoms with van der Waals surface area (Å²) in [5.41, 5.74) is 5.40. The Morgan fingerprint density at radius 2 is 1.61 bits per heavy atom. The normalized spacial score (nSPS) is 17.5. The van der Waals surface area contributed by atoms with Crippen molar-refractivity contribution in [1.82, 2.24) is 14.9 Å². The summed E-state index contributed by atoms with van der Waals surface area (Å²) in [6.07, 6.45) is 0. The Kier molecular flexibility index (Phi) is 5.13. The second-order valence-corrected chi connectivity index (χ2v) is 8.14. The summed E-state index contributed by atoms with van der Waals surface area (Å²) in [5, 5.41) is 11.3. The maximum atomic E-state index is 14.1. The molecule has 5 rings (SSSR count). The summed E-state index contributed by atoms with van der Waals surface area (Å²) in [5.74, 6) is -0.126. The SMILES string of the molecule is O=C(Nc1ccccc1F)C1Sc2nnc(-c3ccccc3)n2NC1c1ccccc1. The third-order valence-corrected chi connectivity index (χ3v) is 6.23. The first-order valence-electron chi connectivity index (χ1n) is 9.75. The van der Waals surface area contributed by atoms with Crippen LogP contribution in [0.1, 0.15) is 11.6 Å². The monoisotopic (exact) mass is 431 g/mol. The number of halogens is 1. The highest BCUT2D eigenvalue weighted by atomic mass is 32.2. The molecule has 2 heterocycles. The fraction of sp³-hybridized carbons (Fsp3) is 0.0870. The maximum Gasteiger partial charge on any atom is 0.240 e. The molecule has 154 valence electrons. The van der Waals surface area contributed by atoms with Crippen molar-refractivity contribution >= 4 is 23.4 Å². The lowest BCUT2D eigenvalue weighted by Gasteiger charge is -2.33. The largest absolute Gasteiger partial charge is 0.323 e. The van der Waals surface area contributed by atoms with E-state index in [0.717, 1.165) is 11.1 Å². The van der Waals surface area contributed by atoms with Gasteiger partial charge in [-0.15, -0.1) is 10.2 Å². The number of fused-ring (bicyclic) bond motifs is 1. The Hall–Kier alpha value is -3.65. The minimum Gasteiger partial charge on any atom is -0.323 e. The molecule has 3 aromatic carbocycles. The summed E-state index contributed by atoms with van der Waals surface area (Å²) in [4.78, 5) is 13.2. The summed E-state index contributed by atoms with van der Waals surface area (Å²) in [7, 11) is 0. The zero-order valence-corrected chi connectivity index (χ0v) is 17.1. The van der Waals surface area contributed by atoms with Crippen molar-refractivity contribution in [2.75, 3.05) is 10.7 Å². The Bertz CT molecular complexity index is 1220. The maximum absolute atomic E-state index is 14.1. The number of nitrogens with zero attached hydrogens (tertiary/aromatic N) is 3. The highest BCUT2D eigenvalue weighted by Crippen LogP contribution is 2.39. The van der Waals surface area contributed by atoms with Gasteiger partial charge in [-0.05, 0) is 17.7 Å². The summed E-state index contributed by atoms with van der Waals surface area (Å²) in [6.45, 7) is 0. The first-order chi connectivity index (χ1) is 15.2. The van der Waals surface area contributed by atoms with Gasteiger partial charge in [-0.2, -0.15) is 0 Å². The number of thioether (sulfide) groups is 1. The van der Waals surface area contributed by atoms with E-state index >= 15 is 0 Å². The predicted octanol–water partition coefficient (Wildman–Crippen LogP) is 4.48. The van der Waals surface area contributed by atoms with Gasteiger partial charge in [-0.25, -0.2) is 9.07 Å². The third-order valence-electron chi connectivity index (χ3n) is 5.02. The van der Waals surface area contributed by atoms with E-state index in [9.17, 15) is 9.18 Å². The van der Waals surface area contributed by atoms with Gasteiger partial charge in [0.1, 0.15) is 11.1 Å². The van der Waals surface area contributed by atoms with Gasteiger partial charge in [0.15, 0.2) is 5.82 Å². The molecule has 2 atom stereocenters. The van der Waals surface area contributed by atoms with Crippen molar-refractivity contribution in [2.24, 2.45) is 0 Å². The van der Waals surface area contributed by atoms with Crippen LogP contribution in [0.2, 0.25) is 0 Å². The fourth-order valence-corrected chi connectivity index (χ4v) is 4.59. The molecular weight excluding hydrogens is 413 g/mol. The van der Waals surface area contributed by atoms with Gasteiger partial charge in [0.2, 0.25) is 11.1 Å². The first kappa shape index (κ1) is 19.3. The van der Waals surface area contributed by atoms with Crippen molar-refractivity contribution in [3.63, 3.8) is 0 Å². The van der Waals surface area contributed by atoms with E-state index < -0.39 is 11.1 Å². The Morgan fingerprint density at radius 3 is 2.35 bits per heavy atom. The number of anilines is 1. The Morgan fingerprint density at radius 1 is 0.935 bits per heavy atom. The molecule has 6 nitrogen and oxygen atoms in total. The molecular formula is C23H18FN5OS. The van der Waals surface area contributed by atoms with Crippen molar-refractivity contribution in [2.45, 2.75) is 16.4 Å². The zero-order valence-electron chi connectivity index (χ0n) is 16.3. The quantitative estimate of drug-likeness (QED) is 0.498. The van der Waals surface area contributed by atoms with Crippen LogP contribution in [0.4, 0.5) is 10.1 Å². The van der Waals surface area contributed by atoms with E-state index in [1.165, 1.54) is 17.8 Å². The molecule has 8 heteroatoms. The fourth-order valence-electron chi connectivity index (χ4n) is 3.51. The van der Waals surface area contributed by atoms with E-state index in [1.807, 2.05) is 65.3 Å². The minimum absolute atomic E-state index is 0.150. The van der Waals surface area contributed by atoms with Gasteiger partial charge in [-0.3, -0.25) is 4.79 Å². The van der Waals surface area contributed by atoms with Crippen molar-refractivity contribution in [3.05, 3.63) is 96.3 Å². The van der Waals surface area contributed by atoms with Crippen LogP contribution in [0.3, 0.4) is 0 Å². The van der Waals surface area contributed by atoms with E-state index in [-0.39, 0.29) is 17.6 Å². The van der Waals surface area contributed by atoms with Gasteiger partial charge in [0.25, 0.3) is 0 Å². The number of nitrogens with one attached hydrogen (secondary N) is 2. The molecule has 0 fully saturated rings. The lowest BCUT2D eigenvalue weighted by molar-refractivity contribution is -0.116. The summed E-state index contributed by atoms with van der Waals surface area (Å²) in [6, 6.07) is 25.2. The molecule has 0 aliphatic carbocycles. The Balaban J connectivity index is 1.51. The van der Waals surface area contributed by atoms with Crippen LogP contribution in [0, 0.1) is 5.82 Å². The average molecular weight is 431 g/mol. The summed E-state index contributed by atoms with van der Waals surface area (Å²) >= 11 is 1.30. The molecule has 0 bridgehead atoms. The van der Waals surface area contributed by atoms with Crippen molar-refractivity contribution in [1.29, 1.82) is 0 Å². The van der Waals surface area contributed by atoms with E-state index in [2.05, 4.69) is 20.9 Å². The van der Waals surface area contributed by atoms with Crippen LogP contribution in [-0.2, 0) is 4.79 Å². The number of benzene rings is 3. The number of aromatic nitrogens is 3. The van der Waals surface area contributed by atoms with E-state index in [0.29, 0.717) is 11.0 Å². The smallest absolute Gasteiger partial charge is 0.240 e. The Labute approximate surface area is 182 Å². The third kappa shape index (κ3) is 3.77. The molecule has 1 aromatic heterocycles. The van der Waals surface area contributed by atoms with Crippen molar-refractivity contribution in [3.8, 4) is 11.4 Å². The zero-order chi connectivity index (χ0) is 21.2. The number of hydrogen-bond acceptors (Lipinski definition) is 5. The number of para-hydroxylation sites is 1. The van der Waals surface area contributed by atoms with Gasteiger partial charge in [-0.1, -0.05) is 84.6 Å². The van der Waals surface area contributed by atoms with Crippen LogP contribution in [0.5, 0.6) is 0 Å². The van der Waals surface area contributed by atoms with Crippen LogP contribution in [-0.4, -0.2) is 26.0 Å². The van der Waals surface area contributed by atoms with Gasteiger partial charge < -0.3 is 10.7 Å². The standard InChI is InChI=1S/C23H18FN5OS/c24-17-13-7-8-14-18(17)25-22(30)20-19(15-9-3-1-4-10-15)28-29-21(26-27-23(29)31-20)16-11-5-2-6-12-16/h1-14,19-20,28H,(H,25,30).